The molecular formula is C16H8BrF6NO. The topological polar surface area (TPSA) is 25.0 Å². The molecule has 0 bridgehead atoms. The standard InChI is InChI=1S/C16H8BrF6NO/c17-11-5-6-12(10-7-13(16(21,22)23)24-14(10)11)25-9-3-1-8(2-4-9)15(18,19)20/h1-7,24H. The van der Waals surface area contributed by atoms with Gasteiger partial charge in [-0.3, -0.25) is 0 Å². The number of benzene rings is 2. The first-order chi connectivity index (χ1) is 11.6. The van der Waals surface area contributed by atoms with Crippen molar-refractivity contribution in [1.82, 2.24) is 4.98 Å². The van der Waals surface area contributed by atoms with E-state index in [-0.39, 0.29) is 22.4 Å². The Kier molecular flexibility index (Phi) is 4.22. The van der Waals surface area contributed by atoms with Gasteiger partial charge >= 0.3 is 12.4 Å². The minimum Gasteiger partial charge on any atom is -0.457 e. The van der Waals surface area contributed by atoms with Crippen molar-refractivity contribution in [2.45, 2.75) is 12.4 Å². The van der Waals surface area contributed by atoms with Gasteiger partial charge in [-0.25, -0.2) is 0 Å². The molecule has 3 aromatic rings. The molecule has 1 aromatic heterocycles. The Balaban J connectivity index is 1.99. The van der Waals surface area contributed by atoms with Crippen LogP contribution in [0.4, 0.5) is 26.3 Å². The molecule has 9 heteroatoms. The highest BCUT2D eigenvalue weighted by Crippen LogP contribution is 2.39. The summed E-state index contributed by atoms with van der Waals surface area (Å²) in [5.41, 5.74) is -1.62. The van der Waals surface area contributed by atoms with Crippen molar-refractivity contribution in [3.05, 3.63) is 58.2 Å². The molecule has 2 nitrogen and oxygen atoms in total. The molecule has 0 fully saturated rings. The monoisotopic (exact) mass is 423 g/mol. The maximum Gasteiger partial charge on any atom is 0.431 e. The van der Waals surface area contributed by atoms with E-state index in [1.807, 2.05) is 0 Å². The molecule has 0 saturated carbocycles. The molecule has 1 heterocycles. The number of alkyl halides is 6. The number of hydrogen-bond acceptors (Lipinski definition) is 1. The van der Waals surface area contributed by atoms with Crippen LogP contribution in [0.15, 0.2) is 46.9 Å². The summed E-state index contributed by atoms with van der Waals surface area (Å²) in [6.07, 6.45) is -9.05. The molecule has 0 aliphatic rings. The predicted molar refractivity (Wildman–Crippen MR) is 82.5 cm³/mol. The lowest BCUT2D eigenvalue weighted by molar-refractivity contribution is -0.140. The van der Waals surface area contributed by atoms with Crippen LogP contribution in [0, 0.1) is 0 Å². The van der Waals surface area contributed by atoms with Gasteiger partial charge in [-0.1, -0.05) is 0 Å². The van der Waals surface area contributed by atoms with Crippen molar-refractivity contribution < 1.29 is 31.1 Å². The summed E-state index contributed by atoms with van der Waals surface area (Å²) in [6.45, 7) is 0. The van der Waals surface area contributed by atoms with E-state index in [1.165, 1.54) is 12.1 Å². The van der Waals surface area contributed by atoms with E-state index >= 15 is 0 Å². The normalized spacial score (nSPS) is 12.6. The Bertz CT molecular complexity index is 911. The van der Waals surface area contributed by atoms with Crippen molar-refractivity contribution in [3.8, 4) is 11.5 Å². The first-order valence-electron chi connectivity index (χ1n) is 6.79. The number of fused-ring (bicyclic) bond motifs is 1. The number of ether oxygens (including phenoxy) is 1. The fourth-order valence-electron chi connectivity index (χ4n) is 2.24. The molecule has 3 rings (SSSR count). The van der Waals surface area contributed by atoms with Gasteiger partial charge in [0, 0.05) is 9.86 Å². The predicted octanol–water partition coefficient (Wildman–Crippen LogP) is 6.76. The quantitative estimate of drug-likeness (QED) is 0.452. The van der Waals surface area contributed by atoms with E-state index in [9.17, 15) is 26.3 Å². The lowest BCUT2D eigenvalue weighted by Gasteiger charge is -2.10. The Morgan fingerprint density at radius 2 is 1.48 bits per heavy atom. The Labute approximate surface area is 145 Å². The molecule has 0 aliphatic carbocycles. The average Bonchev–Trinajstić information content (AvgIpc) is 2.96. The first kappa shape index (κ1) is 17.7. The summed E-state index contributed by atoms with van der Waals surface area (Å²) in [4.78, 5) is 2.26. The summed E-state index contributed by atoms with van der Waals surface area (Å²) in [5, 5.41) is 0.154. The van der Waals surface area contributed by atoms with Gasteiger partial charge in [0.2, 0.25) is 0 Å². The average molecular weight is 424 g/mol. The molecule has 1 N–H and O–H groups in total. The minimum atomic E-state index is -4.57. The van der Waals surface area contributed by atoms with Gasteiger partial charge in [0.25, 0.3) is 0 Å². The molecule has 0 saturated heterocycles. The maximum atomic E-state index is 12.9. The molecule has 132 valence electrons. The number of H-pyrrole nitrogens is 1. The van der Waals surface area contributed by atoms with E-state index in [4.69, 9.17) is 4.74 Å². The summed E-state index contributed by atoms with van der Waals surface area (Å²) in [7, 11) is 0. The largest absolute Gasteiger partial charge is 0.457 e. The number of hydrogen-bond donors (Lipinski definition) is 1. The van der Waals surface area contributed by atoms with Crippen LogP contribution in [0.2, 0.25) is 0 Å². The van der Waals surface area contributed by atoms with Crippen molar-refractivity contribution in [2.75, 3.05) is 0 Å². The zero-order valence-corrected chi connectivity index (χ0v) is 13.7. The fourth-order valence-corrected chi connectivity index (χ4v) is 2.68. The van der Waals surface area contributed by atoms with E-state index in [0.717, 1.165) is 30.3 Å². The van der Waals surface area contributed by atoms with Gasteiger partial charge in [0.05, 0.1) is 11.1 Å². The van der Waals surface area contributed by atoms with Crippen LogP contribution >= 0.6 is 15.9 Å². The zero-order chi connectivity index (χ0) is 18.4. The van der Waals surface area contributed by atoms with Crippen molar-refractivity contribution in [3.63, 3.8) is 0 Å². The summed E-state index contributed by atoms with van der Waals surface area (Å²) in [5.74, 6) is 0.163. The van der Waals surface area contributed by atoms with Gasteiger partial charge in [-0.2, -0.15) is 26.3 Å². The van der Waals surface area contributed by atoms with Crippen LogP contribution in [-0.2, 0) is 12.4 Å². The van der Waals surface area contributed by atoms with E-state index in [1.54, 1.807) is 0 Å². The van der Waals surface area contributed by atoms with Gasteiger partial charge < -0.3 is 9.72 Å². The molecular weight excluding hydrogens is 416 g/mol. The maximum absolute atomic E-state index is 12.9. The van der Waals surface area contributed by atoms with Crippen LogP contribution in [0.3, 0.4) is 0 Å². The van der Waals surface area contributed by atoms with Gasteiger partial charge in [-0.05, 0) is 58.4 Å². The number of aromatic nitrogens is 1. The third kappa shape index (κ3) is 3.60. The lowest BCUT2D eigenvalue weighted by Crippen LogP contribution is -2.04. The summed E-state index contributed by atoms with van der Waals surface area (Å²) in [6, 6.07) is 7.69. The van der Waals surface area contributed by atoms with Crippen LogP contribution < -0.4 is 4.74 Å². The summed E-state index contributed by atoms with van der Waals surface area (Å²) >= 11 is 3.15. The lowest BCUT2D eigenvalue weighted by atomic mass is 10.2. The van der Waals surface area contributed by atoms with Gasteiger partial charge in [-0.15, -0.1) is 0 Å². The van der Waals surface area contributed by atoms with Crippen molar-refractivity contribution in [1.29, 1.82) is 0 Å². The van der Waals surface area contributed by atoms with Crippen LogP contribution in [0.25, 0.3) is 10.9 Å². The minimum absolute atomic E-state index is 0.0754. The molecule has 25 heavy (non-hydrogen) atoms. The molecule has 2 aromatic carbocycles. The molecule has 0 amide bonds. The molecule has 0 aliphatic heterocycles. The van der Waals surface area contributed by atoms with E-state index in [0.29, 0.717) is 4.47 Å². The van der Waals surface area contributed by atoms with E-state index in [2.05, 4.69) is 20.9 Å². The molecule has 0 unspecified atom stereocenters. The van der Waals surface area contributed by atoms with Crippen LogP contribution in [-0.4, -0.2) is 4.98 Å². The molecule has 0 spiro atoms. The Hall–Kier alpha value is -2.16. The number of aromatic amines is 1. The second-order valence-electron chi connectivity index (χ2n) is 5.14. The van der Waals surface area contributed by atoms with Crippen LogP contribution in [0.5, 0.6) is 11.5 Å². The second-order valence-corrected chi connectivity index (χ2v) is 5.99. The highest BCUT2D eigenvalue weighted by Gasteiger charge is 2.33. The molecule has 0 atom stereocenters. The van der Waals surface area contributed by atoms with Crippen LogP contribution in [0.1, 0.15) is 11.3 Å². The highest BCUT2D eigenvalue weighted by atomic mass is 79.9. The fraction of sp³-hybridized carbons (Fsp3) is 0.125. The second kappa shape index (κ2) is 5.98. The Morgan fingerprint density at radius 3 is 2.04 bits per heavy atom. The smallest absolute Gasteiger partial charge is 0.431 e. The van der Waals surface area contributed by atoms with Gasteiger partial charge in [0.15, 0.2) is 0 Å². The van der Waals surface area contributed by atoms with Crippen molar-refractivity contribution in [2.24, 2.45) is 0 Å². The third-order valence-corrected chi connectivity index (χ3v) is 4.08. The zero-order valence-electron chi connectivity index (χ0n) is 12.1. The van der Waals surface area contributed by atoms with Crippen molar-refractivity contribution >= 4 is 26.8 Å². The first-order valence-corrected chi connectivity index (χ1v) is 7.58. The number of halogens is 7. The van der Waals surface area contributed by atoms with Gasteiger partial charge in [0.1, 0.15) is 17.2 Å². The Morgan fingerprint density at radius 1 is 0.840 bits per heavy atom. The number of nitrogens with one attached hydrogen (secondary N) is 1. The highest BCUT2D eigenvalue weighted by molar-refractivity contribution is 9.10. The molecule has 0 radical (unpaired) electrons. The summed E-state index contributed by atoms with van der Waals surface area (Å²) < 4.78 is 82.2. The SMILES string of the molecule is FC(F)(F)c1ccc(Oc2ccc(Br)c3[nH]c(C(F)(F)F)cc23)cc1. The van der Waals surface area contributed by atoms with E-state index < -0.39 is 23.6 Å². The number of rotatable bonds is 2. The third-order valence-electron chi connectivity index (χ3n) is 3.42.